The SMILES string of the molecule is O=C(NC1=NN(c2c(Cl)cc(Cl)cc2Cl)C(=O)C1=Cc1ccco1)c1cccc([N+](=O)[O-])c1. The van der Waals surface area contributed by atoms with Crippen LogP contribution in [0.25, 0.3) is 6.08 Å². The van der Waals surface area contributed by atoms with Crippen LogP contribution in [0.15, 0.2) is 69.9 Å². The zero-order chi connectivity index (χ0) is 23.7. The summed E-state index contributed by atoms with van der Waals surface area (Å²) >= 11 is 18.4. The average molecular weight is 506 g/mol. The fourth-order valence-corrected chi connectivity index (χ4v) is 3.96. The van der Waals surface area contributed by atoms with E-state index in [1.54, 1.807) is 12.1 Å². The molecule has 0 saturated carbocycles. The topological polar surface area (TPSA) is 118 Å². The molecule has 0 radical (unpaired) electrons. The van der Waals surface area contributed by atoms with Crippen LogP contribution in [-0.2, 0) is 4.79 Å². The van der Waals surface area contributed by atoms with E-state index in [2.05, 4.69) is 10.4 Å². The average Bonchev–Trinajstić information content (AvgIpc) is 3.37. The van der Waals surface area contributed by atoms with Crippen LogP contribution >= 0.6 is 34.8 Å². The Morgan fingerprint density at radius 3 is 2.48 bits per heavy atom. The molecule has 1 N–H and O–H groups in total. The van der Waals surface area contributed by atoms with Gasteiger partial charge in [-0.1, -0.05) is 40.9 Å². The van der Waals surface area contributed by atoms with Crippen molar-refractivity contribution >= 4 is 69.9 Å². The van der Waals surface area contributed by atoms with Crippen molar-refractivity contribution in [1.82, 2.24) is 5.32 Å². The maximum Gasteiger partial charge on any atom is 0.282 e. The number of hydrogen-bond donors (Lipinski definition) is 1. The van der Waals surface area contributed by atoms with Crippen LogP contribution in [0, 0.1) is 10.1 Å². The van der Waals surface area contributed by atoms with Crippen LogP contribution in [0.2, 0.25) is 15.1 Å². The van der Waals surface area contributed by atoms with Gasteiger partial charge in [-0.05, 0) is 36.4 Å². The third-order valence-electron chi connectivity index (χ3n) is 4.45. The van der Waals surface area contributed by atoms with Crippen LogP contribution < -0.4 is 10.3 Å². The van der Waals surface area contributed by atoms with Crippen molar-refractivity contribution in [3.05, 3.63) is 96.9 Å². The standard InChI is InChI=1S/C21H11Cl3N4O5/c22-12-8-16(23)18(17(24)9-12)27-21(30)15(10-14-5-2-6-33-14)19(26-27)25-20(29)11-3-1-4-13(7-11)28(31)32/h1-10H,(H,25,26,29). The molecule has 1 aliphatic heterocycles. The van der Waals surface area contributed by atoms with E-state index in [-0.39, 0.29) is 43.4 Å². The molecule has 2 aromatic carbocycles. The van der Waals surface area contributed by atoms with E-state index >= 15 is 0 Å². The highest BCUT2D eigenvalue weighted by atomic mass is 35.5. The third kappa shape index (κ3) is 4.61. The molecule has 1 aromatic heterocycles. The number of hydrogen-bond acceptors (Lipinski definition) is 6. The van der Waals surface area contributed by atoms with Crippen molar-refractivity contribution in [1.29, 1.82) is 0 Å². The number of amidine groups is 1. The first-order valence-corrected chi connectivity index (χ1v) is 10.3. The number of carbonyl (C=O) groups excluding carboxylic acids is 2. The Morgan fingerprint density at radius 1 is 1.12 bits per heavy atom. The summed E-state index contributed by atoms with van der Waals surface area (Å²) in [6, 6.07) is 11.1. The van der Waals surface area contributed by atoms with Gasteiger partial charge in [-0.15, -0.1) is 5.10 Å². The van der Waals surface area contributed by atoms with Gasteiger partial charge in [-0.25, -0.2) is 0 Å². The summed E-state index contributed by atoms with van der Waals surface area (Å²) < 4.78 is 5.27. The summed E-state index contributed by atoms with van der Waals surface area (Å²) in [7, 11) is 0. The van der Waals surface area contributed by atoms with Crippen LogP contribution in [0.3, 0.4) is 0 Å². The number of halogens is 3. The number of nitrogens with one attached hydrogen (secondary N) is 1. The number of hydrazone groups is 1. The van der Waals surface area contributed by atoms with E-state index in [0.29, 0.717) is 5.76 Å². The maximum absolute atomic E-state index is 13.2. The molecule has 3 aromatic rings. The smallest absolute Gasteiger partial charge is 0.282 e. The molecule has 1 aliphatic rings. The first kappa shape index (κ1) is 22.5. The summed E-state index contributed by atoms with van der Waals surface area (Å²) in [6.45, 7) is 0. The Labute approximate surface area is 201 Å². The molecule has 0 fully saturated rings. The van der Waals surface area contributed by atoms with Gasteiger partial charge in [0.1, 0.15) is 11.4 Å². The minimum Gasteiger partial charge on any atom is -0.465 e. The van der Waals surface area contributed by atoms with E-state index in [0.717, 1.165) is 11.1 Å². The largest absolute Gasteiger partial charge is 0.465 e. The molecule has 166 valence electrons. The van der Waals surface area contributed by atoms with Crippen molar-refractivity contribution < 1.29 is 18.9 Å². The number of benzene rings is 2. The molecular formula is C21H11Cl3N4O5. The Morgan fingerprint density at radius 2 is 1.85 bits per heavy atom. The second-order valence-electron chi connectivity index (χ2n) is 6.62. The monoisotopic (exact) mass is 504 g/mol. The lowest BCUT2D eigenvalue weighted by Crippen LogP contribution is -2.31. The number of nitro benzene ring substituents is 1. The molecule has 2 heterocycles. The number of rotatable bonds is 4. The Kier molecular flexibility index (Phi) is 6.19. The van der Waals surface area contributed by atoms with Gasteiger partial charge in [0.05, 0.1) is 26.8 Å². The Bertz CT molecular complexity index is 1330. The maximum atomic E-state index is 13.2. The highest BCUT2D eigenvalue weighted by Crippen LogP contribution is 2.39. The Hall–Kier alpha value is -3.66. The molecule has 4 rings (SSSR count). The van der Waals surface area contributed by atoms with Gasteiger partial charge < -0.3 is 9.73 Å². The second kappa shape index (κ2) is 9.07. The van der Waals surface area contributed by atoms with Crippen LogP contribution in [0.4, 0.5) is 11.4 Å². The molecule has 33 heavy (non-hydrogen) atoms. The van der Waals surface area contributed by atoms with E-state index < -0.39 is 16.7 Å². The van der Waals surface area contributed by atoms with E-state index in [1.165, 1.54) is 42.7 Å². The second-order valence-corrected chi connectivity index (χ2v) is 7.87. The minimum atomic E-state index is -0.717. The Balaban J connectivity index is 1.75. The quantitative estimate of drug-likeness (QED) is 0.292. The minimum absolute atomic E-state index is 0.00212. The van der Waals surface area contributed by atoms with Gasteiger partial charge in [0.25, 0.3) is 17.5 Å². The lowest BCUT2D eigenvalue weighted by atomic mass is 10.1. The number of anilines is 1. The molecular weight excluding hydrogens is 495 g/mol. The molecule has 12 heteroatoms. The number of furan rings is 1. The molecule has 0 saturated heterocycles. The van der Waals surface area contributed by atoms with Gasteiger partial charge in [-0.3, -0.25) is 19.7 Å². The molecule has 0 spiro atoms. The van der Waals surface area contributed by atoms with Crippen LogP contribution in [0.5, 0.6) is 0 Å². The number of non-ortho nitro benzene ring substituents is 1. The van der Waals surface area contributed by atoms with Gasteiger partial charge in [0, 0.05) is 22.7 Å². The number of carbonyl (C=O) groups is 2. The predicted molar refractivity (Wildman–Crippen MR) is 124 cm³/mol. The normalized spacial score (nSPS) is 14.5. The van der Waals surface area contributed by atoms with E-state index in [1.807, 2.05) is 0 Å². The molecule has 0 atom stereocenters. The van der Waals surface area contributed by atoms with Crippen molar-refractivity contribution in [3.8, 4) is 0 Å². The van der Waals surface area contributed by atoms with Crippen molar-refractivity contribution in [2.24, 2.45) is 5.10 Å². The summed E-state index contributed by atoms with van der Waals surface area (Å²) in [6.07, 6.45) is 2.79. The summed E-state index contributed by atoms with van der Waals surface area (Å²) in [5.74, 6) is -1.17. The predicted octanol–water partition coefficient (Wildman–Crippen LogP) is 5.32. The fraction of sp³-hybridized carbons (Fsp3) is 0. The molecule has 0 aliphatic carbocycles. The first-order valence-electron chi connectivity index (χ1n) is 9.13. The van der Waals surface area contributed by atoms with E-state index in [4.69, 9.17) is 39.2 Å². The highest BCUT2D eigenvalue weighted by molar-refractivity contribution is 6.44. The first-order chi connectivity index (χ1) is 15.7. The van der Waals surface area contributed by atoms with Crippen LogP contribution in [-0.4, -0.2) is 22.6 Å². The molecule has 2 amide bonds. The zero-order valence-electron chi connectivity index (χ0n) is 16.3. The van der Waals surface area contributed by atoms with Gasteiger partial charge in [0.15, 0.2) is 5.84 Å². The molecule has 9 nitrogen and oxygen atoms in total. The number of nitrogens with zero attached hydrogens (tertiary/aromatic N) is 3. The summed E-state index contributed by atoms with van der Waals surface area (Å²) in [4.78, 5) is 36.4. The lowest BCUT2D eigenvalue weighted by Gasteiger charge is -2.15. The van der Waals surface area contributed by atoms with Gasteiger partial charge in [0.2, 0.25) is 0 Å². The number of amides is 2. The fourth-order valence-electron chi connectivity index (χ4n) is 2.98. The molecule has 0 unspecified atom stereocenters. The third-order valence-corrected chi connectivity index (χ3v) is 5.25. The van der Waals surface area contributed by atoms with Gasteiger partial charge >= 0.3 is 0 Å². The molecule has 0 bridgehead atoms. The van der Waals surface area contributed by atoms with E-state index in [9.17, 15) is 19.7 Å². The summed E-state index contributed by atoms with van der Waals surface area (Å²) in [5.41, 5.74) is -0.221. The number of nitro groups is 1. The van der Waals surface area contributed by atoms with Crippen molar-refractivity contribution in [2.45, 2.75) is 0 Å². The zero-order valence-corrected chi connectivity index (χ0v) is 18.6. The van der Waals surface area contributed by atoms with Gasteiger partial charge in [-0.2, -0.15) is 5.01 Å². The van der Waals surface area contributed by atoms with Crippen molar-refractivity contribution in [2.75, 3.05) is 5.01 Å². The van der Waals surface area contributed by atoms with Crippen LogP contribution in [0.1, 0.15) is 16.1 Å². The summed E-state index contributed by atoms with van der Waals surface area (Å²) in [5, 5.41) is 19.0. The highest BCUT2D eigenvalue weighted by Gasteiger charge is 2.35. The lowest BCUT2D eigenvalue weighted by molar-refractivity contribution is -0.384. The van der Waals surface area contributed by atoms with Crippen molar-refractivity contribution in [3.63, 3.8) is 0 Å².